The molecule has 1 N–H and O–H groups in total. The molecule has 1 rings (SSSR count). The average molecular weight is 125 g/mol. The van der Waals surface area contributed by atoms with Crippen LogP contribution in [0.2, 0.25) is 0 Å². The minimum atomic E-state index is 0.671. The molecule has 0 aromatic rings. The van der Waals surface area contributed by atoms with E-state index in [-0.39, 0.29) is 0 Å². The predicted octanol–water partition coefficient (Wildman–Crippen LogP) is 1.70. The van der Waals surface area contributed by atoms with Gasteiger partial charge in [-0.05, 0) is 33.7 Å². The topological polar surface area (TPSA) is 12.0 Å². The van der Waals surface area contributed by atoms with Gasteiger partial charge in [0.1, 0.15) is 0 Å². The summed E-state index contributed by atoms with van der Waals surface area (Å²) in [7, 11) is 2.03. The molecule has 1 aliphatic carbocycles. The lowest BCUT2D eigenvalue weighted by atomic mass is 10.1. The molecule has 0 bridgehead atoms. The largest absolute Gasteiger partial charge is 0.313 e. The van der Waals surface area contributed by atoms with E-state index >= 15 is 0 Å². The zero-order chi connectivity index (χ0) is 6.85. The lowest BCUT2D eigenvalue weighted by Gasteiger charge is -2.08. The Morgan fingerprint density at radius 2 is 2.11 bits per heavy atom. The molecule has 0 saturated carbocycles. The molecule has 0 fully saturated rings. The van der Waals surface area contributed by atoms with Crippen molar-refractivity contribution in [2.24, 2.45) is 0 Å². The van der Waals surface area contributed by atoms with E-state index in [1.165, 1.54) is 12.8 Å². The van der Waals surface area contributed by atoms with E-state index in [4.69, 9.17) is 0 Å². The van der Waals surface area contributed by atoms with Gasteiger partial charge in [-0.25, -0.2) is 0 Å². The fourth-order valence-electron chi connectivity index (χ4n) is 1.43. The van der Waals surface area contributed by atoms with Gasteiger partial charge < -0.3 is 5.32 Å². The normalized spacial score (nSPS) is 27.7. The highest BCUT2D eigenvalue weighted by Crippen LogP contribution is 2.24. The van der Waals surface area contributed by atoms with Crippen LogP contribution in [0.1, 0.15) is 26.7 Å². The van der Waals surface area contributed by atoms with Crippen molar-refractivity contribution in [2.45, 2.75) is 32.7 Å². The first kappa shape index (κ1) is 6.81. The van der Waals surface area contributed by atoms with E-state index in [0.717, 1.165) is 0 Å². The highest BCUT2D eigenvalue weighted by atomic mass is 14.9. The Balaban J connectivity index is 2.63. The Morgan fingerprint density at radius 1 is 1.44 bits per heavy atom. The monoisotopic (exact) mass is 125 g/mol. The fraction of sp³-hybridized carbons (Fsp3) is 0.750. The molecule has 0 heterocycles. The van der Waals surface area contributed by atoms with Crippen molar-refractivity contribution in [1.29, 1.82) is 0 Å². The van der Waals surface area contributed by atoms with Gasteiger partial charge in [-0.1, -0.05) is 11.1 Å². The lowest BCUT2D eigenvalue weighted by Crippen LogP contribution is -2.22. The van der Waals surface area contributed by atoms with Crippen molar-refractivity contribution in [3.8, 4) is 0 Å². The first-order valence-electron chi connectivity index (χ1n) is 3.59. The maximum Gasteiger partial charge on any atom is 0.0279 e. The van der Waals surface area contributed by atoms with E-state index in [1.54, 1.807) is 11.1 Å². The quantitative estimate of drug-likeness (QED) is 0.526. The molecule has 52 valence electrons. The Kier molecular flexibility index (Phi) is 1.91. The van der Waals surface area contributed by atoms with E-state index in [1.807, 2.05) is 7.05 Å². The average Bonchev–Trinajstić information content (AvgIpc) is 2.15. The molecule has 0 radical (unpaired) electrons. The molecule has 1 nitrogen and oxygen atoms in total. The standard InChI is InChI=1S/C8H15N/c1-6-4-5-8(9-3)7(6)2/h8-9H,4-5H2,1-3H3. The highest BCUT2D eigenvalue weighted by molar-refractivity contribution is 5.21. The zero-order valence-corrected chi connectivity index (χ0v) is 6.49. The van der Waals surface area contributed by atoms with Crippen LogP contribution in [0.3, 0.4) is 0 Å². The van der Waals surface area contributed by atoms with Crippen LogP contribution in [0.15, 0.2) is 11.1 Å². The van der Waals surface area contributed by atoms with Gasteiger partial charge in [0.05, 0.1) is 0 Å². The summed E-state index contributed by atoms with van der Waals surface area (Å²) in [5, 5.41) is 3.29. The first-order valence-corrected chi connectivity index (χ1v) is 3.59. The lowest BCUT2D eigenvalue weighted by molar-refractivity contribution is 0.627. The van der Waals surface area contributed by atoms with Gasteiger partial charge in [0, 0.05) is 6.04 Å². The van der Waals surface area contributed by atoms with Crippen LogP contribution in [0.4, 0.5) is 0 Å². The molecule has 9 heavy (non-hydrogen) atoms. The van der Waals surface area contributed by atoms with Gasteiger partial charge in [0.25, 0.3) is 0 Å². The number of hydrogen-bond donors (Lipinski definition) is 1. The smallest absolute Gasteiger partial charge is 0.0279 e. The van der Waals surface area contributed by atoms with Gasteiger partial charge in [-0.3, -0.25) is 0 Å². The van der Waals surface area contributed by atoms with E-state index in [9.17, 15) is 0 Å². The van der Waals surface area contributed by atoms with Crippen LogP contribution in [0.25, 0.3) is 0 Å². The molecule has 1 heteroatoms. The summed E-state index contributed by atoms with van der Waals surface area (Å²) in [6.07, 6.45) is 2.59. The molecular weight excluding hydrogens is 110 g/mol. The summed E-state index contributed by atoms with van der Waals surface area (Å²) >= 11 is 0. The minimum absolute atomic E-state index is 0.671. The van der Waals surface area contributed by atoms with Crippen LogP contribution in [0, 0.1) is 0 Å². The van der Waals surface area contributed by atoms with Crippen molar-refractivity contribution in [3.05, 3.63) is 11.1 Å². The van der Waals surface area contributed by atoms with Crippen molar-refractivity contribution in [3.63, 3.8) is 0 Å². The summed E-state index contributed by atoms with van der Waals surface area (Å²) in [6, 6.07) is 0.671. The molecule has 0 spiro atoms. The van der Waals surface area contributed by atoms with Crippen molar-refractivity contribution in [1.82, 2.24) is 5.32 Å². The molecule has 0 aliphatic heterocycles. The summed E-state index contributed by atoms with van der Waals surface area (Å²) in [5.41, 5.74) is 3.13. The number of rotatable bonds is 1. The molecule has 1 atom stereocenters. The molecule has 0 saturated heterocycles. The maximum atomic E-state index is 3.29. The van der Waals surface area contributed by atoms with Crippen LogP contribution in [-0.4, -0.2) is 13.1 Å². The highest BCUT2D eigenvalue weighted by Gasteiger charge is 2.16. The van der Waals surface area contributed by atoms with Crippen LogP contribution >= 0.6 is 0 Å². The second kappa shape index (κ2) is 2.53. The van der Waals surface area contributed by atoms with Gasteiger partial charge in [0.15, 0.2) is 0 Å². The Labute approximate surface area is 57.1 Å². The molecule has 0 amide bonds. The molecule has 0 aromatic heterocycles. The SMILES string of the molecule is CNC1CCC(C)=C1C. The van der Waals surface area contributed by atoms with Crippen molar-refractivity contribution in [2.75, 3.05) is 7.05 Å². The second-order valence-corrected chi connectivity index (χ2v) is 2.84. The number of nitrogens with one attached hydrogen (secondary N) is 1. The van der Waals surface area contributed by atoms with Crippen LogP contribution in [0.5, 0.6) is 0 Å². The number of allylic oxidation sites excluding steroid dienone is 1. The van der Waals surface area contributed by atoms with Gasteiger partial charge in [-0.2, -0.15) is 0 Å². The zero-order valence-electron chi connectivity index (χ0n) is 6.49. The number of likely N-dealkylation sites (N-methyl/N-ethyl adjacent to an activating group) is 1. The van der Waals surface area contributed by atoms with Crippen molar-refractivity contribution >= 4 is 0 Å². The second-order valence-electron chi connectivity index (χ2n) is 2.84. The maximum absolute atomic E-state index is 3.29. The summed E-state index contributed by atoms with van der Waals surface area (Å²) in [6.45, 7) is 4.45. The van der Waals surface area contributed by atoms with Gasteiger partial charge in [-0.15, -0.1) is 0 Å². The van der Waals surface area contributed by atoms with Crippen LogP contribution < -0.4 is 5.32 Å². The Hall–Kier alpha value is -0.300. The van der Waals surface area contributed by atoms with Gasteiger partial charge >= 0.3 is 0 Å². The third-order valence-electron chi connectivity index (χ3n) is 2.35. The van der Waals surface area contributed by atoms with E-state index in [0.29, 0.717) is 6.04 Å². The van der Waals surface area contributed by atoms with E-state index in [2.05, 4.69) is 19.2 Å². The Bertz CT molecular complexity index is 136. The summed E-state index contributed by atoms with van der Waals surface area (Å²) in [5.74, 6) is 0. The predicted molar refractivity (Wildman–Crippen MR) is 40.5 cm³/mol. The van der Waals surface area contributed by atoms with Crippen molar-refractivity contribution < 1.29 is 0 Å². The number of hydrogen-bond acceptors (Lipinski definition) is 1. The molecular formula is C8H15N. The summed E-state index contributed by atoms with van der Waals surface area (Å²) < 4.78 is 0. The third kappa shape index (κ3) is 1.16. The fourth-order valence-corrected chi connectivity index (χ4v) is 1.43. The van der Waals surface area contributed by atoms with Gasteiger partial charge in [0.2, 0.25) is 0 Å². The molecule has 1 aliphatic rings. The summed E-state index contributed by atoms with van der Waals surface area (Å²) in [4.78, 5) is 0. The molecule has 0 aromatic carbocycles. The minimum Gasteiger partial charge on any atom is -0.313 e. The Morgan fingerprint density at radius 3 is 2.33 bits per heavy atom. The van der Waals surface area contributed by atoms with E-state index < -0.39 is 0 Å². The molecule has 1 unspecified atom stereocenters. The van der Waals surface area contributed by atoms with Crippen LogP contribution in [-0.2, 0) is 0 Å². The third-order valence-corrected chi connectivity index (χ3v) is 2.35. The first-order chi connectivity index (χ1) is 4.25.